The van der Waals surface area contributed by atoms with Gasteiger partial charge in [-0.25, -0.2) is 8.78 Å². The summed E-state index contributed by atoms with van der Waals surface area (Å²) in [4.78, 5) is 15.0. The third kappa shape index (κ3) is 5.12. The molecular formula is C25H28F2N4O2. The highest BCUT2D eigenvalue weighted by Crippen LogP contribution is 2.35. The molecule has 0 unspecified atom stereocenters. The number of aromatic nitrogens is 2. The molecule has 1 amide bonds. The first kappa shape index (κ1) is 23.1. The van der Waals surface area contributed by atoms with Crippen molar-refractivity contribution >= 4 is 5.91 Å². The van der Waals surface area contributed by atoms with E-state index in [1.165, 1.54) is 24.3 Å². The van der Waals surface area contributed by atoms with Crippen molar-refractivity contribution in [2.75, 3.05) is 13.1 Å². The average molecular weight is 455 g/mol. The van der Waals surface area contributed by atoms with Crippen LogP contribution in [0.1, 0.15) is 30.9 Å². The number of nitrogens with one attached hydrogen (secondary N) is 2. The largest absolute Gasteiger partial charge is 0.390 e. The lowest BCUT2D eigenvalue weighted by Crippen LogP contribution is -2.48. The molecule has 0 saturated carbocycles. The molecule has 0 spiro atoms. The standard InChI is InChI=1S/C25H28F2N4O2/c1-15(2)11-28-25(33)23-24(32)21(16-3-7-19(26)8-4-16)14-31(23)13-18-12-29-30-22(18)17-5-9-20(27)10-6-17/h3-10,12,15,21,23-24,32H,11,13-14H2,1-2H3,(H,28,33)(H,29,30)/t21-,23+,24-/m1/s1. The van der Waals surface area contributed by atoms with Gasteiger partial charge in [0.15, 0.2) is 0 Å². The highest BCUT2D eigenvalue weighted by Gasteiger charge is 2.45. The van der Waals surface area contributed by atoms with E-state index in [4.69, 9.17) is 0 Å². The van der Waals surface area contributed by atoms with Crippen LogP contribution < -0.4 is 5.32 Å². The summed E-state index contributed by atoms with van der Waals surface area (Å²) in [5.74, 6) is -0.995. The molecule has 1 fully saturated rings. The SMILES string of the molecule is CC(C)CNC(=O)[C@@H]1[C@H](O)[C@@H](c2ccc(F)cc2)CN1Cc1cn[nH]c1-c1ccc(F)cc1. The second-order valence-corrected chi connectivity index (χ2v) is 8.94. The number of H-pyrrole nitrogens is 1. The quantitative estimate of drug-likeness (QED) is 0.511. The zero-order chi connectivity index (χ0) is 23.5. The molecule has 6 nitrogen and oxygen atoms in total. The van der Waals surface area contributed by atoms with Crippen molar-refractivity contribution in [3.8, 4) is 11.3 Å². The number of aliphatic hydroxyl groups excluding tert-OH is 1. The van der Waals surface area contributed by atoms with E-state index in [9.17, 15) is 18.7 Å². The van der Waals surface area contributed by atoms with Crippen molar-refractivity contribution < 1.29 is 18.7 Å². The fourth-order valence-electron chi connectivity index (χ4n) is 4.33. The molecule has 1 saturated heterocycles. The second-order valence-electron chi connectivity index (χ2n) is 8.94. The van der Waals surface area contributed by atoms with E-state index in [0.29, 0.717) is 19.6 Å². The van der Waals surface area contributed by atoms with Crippen LogP contribution in [-0.2, 0) is 11.3 Å². The Hall–Kier alpha value is -3.10. The molecule has 1 aromatic heterocycles. The van der Waals surface area contributed by atoms with Crippen molar-refractivity contribution in [3.63, 3.8) is 0 Å². The van der Waals surface area contributed by atoms with Gasteiger partial charge in [-0.15, -0.1) is 0 Å². The summed E-state index contributed by atoms with van der Waals surface area (Å²) in [5.41, 5.74) is 3.12. The predicted octanol–water partition coefficient (Wildman–Crippen LogP) is 3.46. The molecule has 1 aliphatic rings. The van der Waals surface area contributed by atoms with Gasteiger partial charge < -0.3 is 10.4 Å². The van der Waals surface area contributed by atoms with Crippen LogP contribution in [0.4, 0.5) is 8.78 Å². The van der Waals surface area contributed by atoms with E-state index in [1.54, 1.807) is 30.5 Å². The molecular weight excluding hydrogens is 426 g/mol. The number of carbonyl (C=O) groups excluding carboxylic acids is 1. The van der Waals surface area contributed by atoms with Gasteiger partial charge in [0, 0.05) is 36.7 Å². The van der Waals surface area contributed by atoms with Gasteiger partial charge in [-0.3, -0.25) is 14.8 Å². The third-order valence-electron chi connectivity index (χ3n) is 6.04. The molecule has 3 N–H and O–H groups in total. The molecule has 174 valence electrons. The van der Waals surface area contributed by atoms with Crippen LogP contribution >= 0.6 is 0 Å². The van der Waals surface area contributed by atoms with Crippen LogP contribution in [0, 0.1) is 17.6 Å². The molecule has 1 aliphatic heterocycles. The minimum absolute atomic E-state index is 0.243. The Kier molecular flexibility index (Phi) is 6.85. The van der Waals surface area contributed by atoms with Crippen LogP contribution in [0.2, 0.25) is 0 Å². The lowest BCUT2D eigenvalue weighted by atomic mass is 9.93. The smallest absolute Gasteiger partial charge is 0.240 e. The monoisotopic (exact) mass is 454 g/mol. The van der Waals surface area contributed by atoms with Crippen LogP contribution in [0.5, 0.6) is 0 Å². The number of nitrogens with zero attached hydrogens (tertiary/aromatic N) is 2. The Bertz CT molecular complexity index is 1080. The van der Waals surface area contributed by atoms with Gasteiger partial charge in [0.25, 0.3) is 0 Å². The Morgan fingerprint density at radius 2 is 1.79 bits per heavy atom. The molecule has 3 atom stereocenters. The van der Waals surface area contributed by atoms with Crippen molar-refractivity contribution in [2.45, 2.75) is 38.5 Å². The average Bonchev–Trinajstić information content (AvgIpc) is 3.38. The zero-order valence-corrected chi connectivity index (χ0v) is 18.6. The first-order valence-electron chi connectivity index (χ1n) is 11.1. The maximum absolute atomic E-state index is 13.4. The van der Waals surface area contributed by atoms with E-state index in [0.717, 1.165) is 22.4 Å². The predicted molar refractivity (Wildman–Crippen MR) is 121 cm³/mol. The Morgan fingerprint density at radius 3 is 2.42 bits per heavy atom. The number of amides is 1. The topological polar surface area (TPSA) is 81.2 Å². The van der Waals surface area contributed by atoms with Gasteiger partial charge in [0.05, 0.1) is 18.0 Å². The van der Waals surface area contributed by atoms with Gasteiger partial charge in [-0.1, -0.05) is 26.0 Å². The molecule has 2 aromatic carbocycles. The maximum Gasteiger partial charge on any atom is 0.240 e. The van der Waals surface area contributed by atoms with E-state index in [1.807, 2.05) is 18.7 Å². The molecule has 2 heterocycles. The van der Waals surface area contributed by atoms with Crippen LogP contribution in [0.3, 0.4) is 0 Å². The van der Waals surface area contributed by atoms with Gasteiger partial charge in [0.1, 0.15) is 17.7 Å². The lowest BCUT2D eigenvalue weighted by molar-refractivity contribution is -0.128. The molecule has 0 bridgehead atoms. The molecule has 3 aromatic rings. The van der Waals surface area contributed by atoms with E-state index in [2.05, 4.69) is 15.5 Å². The molecule has 0 aliphatic carbocycles. The summed E-state index contributed by atoms with van der Waals surface area (Å²) < 4.78 is 26.8. The summed E-state index contributed by atoms with van der Waals surface area (Å²) >= 11 is 0. The zero-order valence-electron chi connectivity index (χ0n) is 18.6. The minimum atomic E-state index is -0.955. The number of likely N-dealkylation sites (tertiary alicyclic amines) is 1. The fourth-order valence-corrected chi connectivity index (χ4v) is 4.33. The maximum atomic E-state index is 13.4. The Balaban J connectivity index is 1.61. The normalized spacial score (nSPS) is 21.0. The second kappa shape index (κ2) is 9.80. The summed E-state index contributed by atoms with van der Waals surface area (Å²) in [6.45, 7) is 5.29. The number of hydrogen-bond acceptors (Lipinski definition) is 4. The van der Waals surface area contributed by atoms with Crippen LogP contribution in [0.25, 0.3) is 11.3 Å². The van der Waals surface area contributed by atoms with Crippen molar-refractivity contribution in [1.82, 2.24) is 20.4 Å². The summed E-state index contributed by atoms with van der Waals surface area (Å²) in [6.07, 6.45) is 0.725. The van der Waals surface area contributed by atoms with Crippen molar-refractivity contribution in [3.05, 3.63) is 77.5 Å². The summed E-state index contributed by atoms with van der Waals surface area (Å²) in [7, 11) is 0. The molecule has 33 heavy (non-hydrogen) atoms. The van der Waals surface area contributed by atoms with E-state index in [-0.39, 0.29) is 29.4 Å². The number of carbonyl (C=O) groups is 1. The van der Waals surface area contributed by atoms with Crippen molar-refractivity contribution in [1.29, 1.82) is 0 Å². The number of aliphatic hydroxyl groups is 1. The van der Waals surface area contributed by atoms with Gasteiger partial charge in [-0.05, 0) is 47.9 Å². The van der Waals surface area contributed by atoms with Gasteiger partial charge >= 0.3 is 0 Å². The Morgan fingerprint density at radius 1 is 1.15 bits per heavy atom. The number of halogens is 2. The van der Waals surface area contributed by atoms with Crippen molar-refractivity contribution in [2.24, 2.45) is 5.92 Å². The van der Waals surface area contributed by atoms with E-state index < -0.39 is 12.1 Å². The number of aromatic amines is 1. The molecule has 0 radical (unpaired) electrons. The number of rotatable bonds is 7. The highest BCUT2D eigenvalue weighted by atomic mass is 19.1. The van der Waals surface area contributed by atoms with Gasteiger partial charge in [0.2, 0.25) is 5.91 Å². The van der Waals surface area contributed by atoms with Crippen LogP contribution in [-0.4, -0.2) is 51.3 Å². The molecule has 4 rings (SSSR count). The first-order chi connectivity index (χ1) is 15.8. The fraction of sp³-hybridized carbons (Fsp3) is 0.360. The number of benzene rings is 2. The first-order valence-corrected chi connectivity index (χ1v) is 11.1. The highest BCUT2D eigenvalue weighted by molar-refractivity contribution is 5.83. The Labute approximate surface area is 191 Å². The number of hydrogen-bond donors (Lipinski definition) is 3. The van der Waals surface area contributed by atoms with Crippen LogP contribution in [0.15, 0.2) is 54.7 Å². The minimum Gasteiger partial charge on any atom is -0.390 e. The summed E-state index contributed by atoms with van der Waals surface area (Å²) in [5, 5.41) is 21.2. The summed E-state index contributed by atoms with van der Waals surface area (Å²) in [6, 6.07) is 11.4. The third-order valence-corrected chi connectivity index (χ3v) is 6.04. The molecule has 8 heteroatoms. The van der Waals surface area contributed by atoms with E-state index >= 15 is 0 Å². The lowest BCUT2D eigenvalue weighted by Gasteiger charge is -2.25. The van der Waals surface area contributed by atoms with Gasteiger partial charge in [-0.2, -0.15) is 5.10 Å².